The fraction of sp³-hybridized carbons (Fsp3) is 0.133. The molecule has 0 spiro atoms. The maximum Gasteiger partial charge on any atom is 0.137 e. The maximum absolute atomic E-state index is 13.6. The zero-order valence-electron chi connectivity index (χ0n) is 10.5. The molecule has 0 unspecified atom stereocenters. The first-order valence-electron chi connectivity index (χ1n) is 6.01. The lowest BCUT2D eigenvalue weighted by molar-refractivity contribution is 0.412. The van der Waals surface area contributed by atoms with E-state index in [1.54, 1.807) is 19.2 Å². The second-order valence-corrected chi connectivity index (χ2v) is 4.33. The Hall–Kier alpha value is -2.36. The van der Waals surface area contributed by atoms with Gasteiger partial charge in [-0.2, -0.15) is 0 Å². The SMILES string of the molecule is COc1ccc2nc(Cc3ccccc3F)cn2c1. The lowest BCUT2D eigenvalue weighted by atomic mass is 10.1. The molecule has 96 valence electrons. The van der Waals surface area contributed by atoms with E-state index in [-0.39, 0.29) is 5.82 Å². The number of methoxy groups -OCH3 is 1. The summed E-state index contributed by atoms with van der Waals surface area (Å²) < 4.78 is 20.6. The summed E-state index contributed by atoms with van der Waals surface area (Å²) in [5.74, 6) is 0.569. The van der Waals surface area contributed by atoms with Crippen molar-refractivity contribution in [1.82, 2.24) is 9.38 Å². The molecule has 0 aliphatic heterocycles. The first-order valence-corrected chi connectivity index (χ1v) is 6.01. The fourth-order valence-electron chi connectivity index (χ4n) is 2.07. The van der Waals surface area contributed by atoms with Crippen molar-refractivity contribution in [2.24, 2.45) is 0 Å². The molecule has 19 heavy (non-hydrogen) atoms. The van der Waals surface area contributed by atoms with Gasteiger partial charge in [-0.25, -0.2) is 9.37 Å². The largest absolute Gasteiger partial charge is 0.495 e. The summed E-state index contributed by atoms with van der Waals surface area (Å²) in [6.45, 7) is 0. The molecule has 3 rings (SSSR count). The summed E-state index contributed by atoms with van der Waals surface area (Å²) in [4.78, 5) is 4.47. The Labute approximate surface area is 110 Å². The van der Waals surface area contributed by atoms with Crippen LogP contribution in [0.3, 0.4) is 0 Å². The highest BCUT2D eigenvalue weighted by Crippen LogP contribution is 2.16. The van der Waals surface area contributed by atoms with E-state index in [2.05, 4.69) is 4.98 Å². The Kier molecular flexibility index (Phi) is 2.91. The highest BCUT2D eigenvalue weighted by Gasteiger charge is 2.06. The van der Waals surface area contributed by atoms with Crippen molar-refractivity contribution < 1.29 is 9.13 Å². The number of fused-ring (bicyclic) bond motifs is 1. The van der Waals surface area contributed by atoms with E-state index in [0.29, 0.717) is 12.0 Å². The van der Waals surface area contributed by atoms with E-state index in [4.69, 9.17) is 4.74 Å². The van der Waals surface area contributed by atoms with Crippen LogP contribution >= 0.6 is 0 Å². The molecule has 1 aromatic carbocycles. The summed E-state index contributed by atoms with van der Waals surface area (Å²) >= 11 is 0. The van der Waals surface area contributed by atoms with Crippen LogP contribution in [0.2, 0.25) is 0 Å². The zero-order valence-corrected chi connectivity index (χ0v) is 10.5. The molecule has 0 aliphatic rings. The highest BCUT2D eigenvalue weighted by atomic mass is 19.1. The van der Waals surface area contributed by atoms with Gasteiger partial charge in [0.15, 0.2) is 0 Å². The predicted octanol–water partition coefficient (Wildman–Crippen LogP) is 3.07. The second kappa shape index (κ2) is 4.72. The van der Waals surface area contributed by atoms with Gasteiger partial charge in [-0.15, -0.1) is 0 Å². The molecule has 2 aromatic heterocycles. The van der Waals surface area contributed by atoms with Crippen molar-refractivity contribution in [3.8, 4) is 5.75 Å². The molecule has 0 aliphatic carbocycles. The molecule has 0 fully saturated rings. The van der Waals surface area contributed by atoms with Gasteiger partial charge in [0.1, 0.15) is 17.2 Å². The number of rotatable bonds is 3. The Morgan fingerprint density at radius 1 is 1.16 bits per heavy atom. The molecular formula is C15H13FN2O. The predicted molar refractivity (Wildman–Crippen MR) is 71.0 cm³/mol. The third kappa shape index (κ3) is 2.29. The van der Waals surface area contributed by atoms with Crippen LogP contribution in [0.15, 0.2) is 48.8 Å². The van der Waals surface area contributed by atoms with Gasteiger partial charge in [0, 0.05) is 12.6 Å². The topological polar surface area (TPSA) is 26.5 Å². The Morgan fingerprint density at radius 2 is 2.00 bits per heavy atom. The smallest absolute Gasteiger partial charge is 0.137 e. The van der Waals surface area contributed by atoms with Crippen molar-refractivity contribution in [3.05, 3.63) is 65.9 Å². The van der Waals surface area contributed by atoms with Crippen molar-refractivity contribution in [2.45, 2.75) is 6.42 Å². The second-order valence-electron chi connectivity index (χ2n) is 4.33. The summed E-state index contributed by atoms with van der Waals surface area (Å²) in [6.07, 6.45) is 4.23. The van der Waals surface area contributed by atoms with E-state index in [1.165, 1.54) is 6.07 Å². The van der Waals surface area contributed by atoms with E-state index < -0.39 is 0 Å². The van der Waals surface area contributed by atoms with Crippen LogP contribution in [-0.2, 0) is 6.42 Å². The van der Waals surface area contributed by atoms with Gasteiger partial charge in [-0.1, -0.05) is 18.2 Å². The molecule has 0 saturated heterocycles. The van der Waals surface area contributed by atoms with Crippen molar-refractivity contribution in [2.75, 3.05) is 7.11 Å². The van der Waals surface area contributed by atoms with Crippen LogP contribution in [0, 0.1) is 5.82 Å². The minimum atomic E-state index is -0.197. The Balaban J connectivity index is 1.95. The summed E-state index contributed by atoms with van der Waals surface area (Å²) in [5.41, 5.74) is 2.31. The number of hydrogen-bond donors (Lipinski definition) is 0. The van der Waals surface area contributed by atoms with Gasteiger partial charge in [-0.3, -0.25) is 0 Å². The van der Waals surface area contributed by atoms with Crippen LogP contribution in [-0.4, -0.2) is 16.5 Å². The van der Waals surface area contributed by atoms with Crippen LogP contribution < -0.4 is 4.74 Å². The van der Waals surface area contributed by atoms with Gasteiger partial charge in [0.05, 0.1) is 19.0 Å². The Morgan fingerprint density at radius 3 is 2.79 bits per heavy atom. The molecule has 0 bridgehead atoms. The first kappa shape index (κ1) is 11.7. The zero-order chi connectivity index (χ0) is 13.2. The maximum atomic E-state index is 13.6. The van der Waals surface area contributed by atoms with Crippen LogP contribution in [0.5, 0.6) is 5.75 Å². The molecule has 3 aromatic rings. The number of nitrogens with zero attached hydrogens (tertiary/aromatic N) is 2. The highest BCUT2D eigenvalue weighted by molar-refractivity contribution is 5.43. The van der Waals surface area contributed by atoms with Crippen LogP contribution in [0.1, 0.15) is 11.3 Å². The summed E-state index contributed by atoms with van der Waals surface area (Å²) in [6, 6.07) is 10.5. The van der Waals surface area contributed by atoms with Crippen molar-refractivity contribution >= 4 is 5.65 Å². The lowest BCUT2D eigenvalue weighted by Gasteiger charge is -1.99. The third-order valence-electron chi connectivity index (χ3n) is 3.04. The molecule has 0 atom stereocenters. The average molecular weight is 256 g/mol. The normalized spacial score (nSPS) is 10.8. The third-order valence-corrected chi connectivity index (χ3v) is 3.04. The quantitative estimate of drug-likeness (QED) is 0.720. The first-order chi connectivity index (χ1) is 9.26. The number of ether oxygens (including phenoxy) is 1. The molecule has 0 amide bonds. The standard InChI is InChI=1S/C15H13FN2O/c1-19-13-6-7-15-17-12(9-18(15)10-13)8-11-4-2-3-5-14(11)16/h2-7,9-10H,8H2,1H3. The van der Waals surface area contributed by atoms with Crippen LogP contribution in [0.4, 0.5) is 4.39 Å². The number of hydrogen-bond acceptors (Lipinski definition) is 2. The van der Waals surface area contributed by atoms with E-state index >= 15 is 0 Å². The van der Waals surface area contributed by atoms with Crippen LogP contribution in [0.25, 0.3) is 5.65 Å². The number of benzene rings is 1. The van der Waals surface area contributed by atoms with Gasteiger partial charge in [-0.05, 0) is 23.8 Å². The molecule has 4 heteroatoms. The molecule has 3 nitrogen and oxygen atoms in total. The van der Waals surface area contributed by atoms with E-state index in [1.807, 2.05) is 35.0 Å². The molecular weight excluding hydrogens is 243 g/mol. The minimum Gasteiger partial charge on any atom is -0.495 e. The summed E-state index contributed by atoms with van der Waals surface area (Å²) in [7, 11) is 1.62. The number of aromatic nitrogens is 2. The number of halogens is 1. The monoisotopic (exact) mass is 256 g/mol. The van der Waals surface area contributed by atoms with Crippen molar-refractivity contribution in [3.63, 3.8) is 0 Å². The van der Waals surface area contributed by atoms with E-state index in [9.17, 15) is 4.39 Å². The fourth-order valence-corrected chi connectivity index (χ4v) is 2.07. The van der Waals surface area contributed by atoms with Crippen molar-refractivity contribution in [1.29, 1.82) is 0 Å². The number of pyridine rings is 1. The molecule has 2 heterocycles. The number of imidazole rings is 1. The van der Waals surface area contributed by atoms with Gasteiger partial charge in [0.25, 0.3) is 0 Å². The van der Waals surface area contributed by atoms with E-state index in [0.717, 1.165) is 17.1 Å². The summed E-state index contributed by atoms with van der Waals surface area (Å²) in [5, 5.41) is 0. The van der Waals surface area contributed by atoms with Gasteiger partial charge < -0.3 is 9.14 Å². The Bertz CT molecular complexity index is 721. The van der Waals surface area contributed by atoms with Gasteiger partial charge >= 0.3 is 0 Å². The lowest BCUT2D eigenvalue weighted by Crippen LogP contribution is -1.91. The molecule has 0 saturated carbocycles. The minimum absolute atomic E-state index is 0.197. The molecule has 0 radical (unpaired) electrons. The molecule has 0 N–H and O–H groups in total. The van der Waals surface area contributed by atoms with Gasteiger partial charge in [0.2, 0.25) is 0 Å². The average Bonchev–Trinajstić information content (AvgIpc) is 2.82.